The fourth-order valence-corrected chi connectivity index (χ4v) is 7.41. The molecule has 0 aromatic carbocycles. The summed E-state index contributed by atoms with van der Waals surface area (Å²) in [5.41, 5.74) is -0.0760. The predicted octanol–water partition coefficient (Wildman–Crippen LogP) is 4.31. The first-order valence-corrected chi connectivity index (χ1v) is 9.72. The van der Waals surface area contributed by atoms with E-state index in [1.54, 1.807) is 0 Å². The van der Waals surface area contributed by atoms with Crippen LogP contribution in [0.4, 0.5) is 0 Å². The molecule has 3 fully saturated rings. The van der Waals surface area contributed by atoms with Gasteiger partial charge in [0.05, 0.1) is 11.7 Å². The van der Waals surface area contributed by atoms with Crippen LogP contribution in [0.1, 0.15) is 72.6 Å². The van der Waals surface area contributed by atoms with Gasteiger partial charge in [0.15, 0.2) is 0 Å². The van der Waals surface area contributed by atoms with Crippen LogP contribution in [0.2, 0.25) is 0 Å². The predicted molar refractivity (Wildman–Crippen MR) is 92.9 cm³/mol. The van der Waals surface area contributed by atoms with Gasteiger partial charge >= 0.3 is 0 Å². The zero-order chi connectivity index (χ0) is 16.7. The van der Waals surface area contributed by atoms with Crippen molar-refractivity contribution >= 4 is 0 Å². The molecule has 3 saturated carbocycles. The van der Waals surface area contributed by atoms with Crippen molar-refractivity contribution in [2.24, 2.45) is 34.0 Å². The minimum atomic E-state index is -0.645. The third-order valence-corrected chi connectivity index (χ3v) is 9.02. The molecule has 0 aromatic rings. The molecular formula is C21H34O2. The lowest BCUT2D eigenvalue weighted by Gasteiger charge is -2.64. The first-order valence-electron chi connectivity index (χ1n) is 9.72. The monoisotopic (exact) mass is 318 g/mol. The quantitative estimate of drug-likeness (QED) is 0.654. The smallest absolute Gasteiger partial charge is 0.0805 e. The Morgan fingerprint density at radius 3 is 2.35 bits per heavy atom. The van der Waals surface area contributed by atoms with Crippen LogP contribution >= 0.6 is 0 Å². The molecule has 0 aliphatic heterocycles. The molecule has 0 aromatic heterocycles. The molecule has 0 amide bonds. The number of allylic oxidation sites excluding steroid dienone is 1. The standard InChI is InChI=1S/C21H34O2/c1-18-9-7-14-15-5-6-17(22)20(15,3)10-8-16(14)21(18,4)12-11-19(2,23)13-18/h11-12,14-17,22-23H,5-10,13H2,1-4H3/t14-,15-,16+,17-,18-,19-,20-,21+/m0/s1. The van der Waals surface area contributed by atoms with E-state index in [2.05, 4.69) is 32.9 Å². The highest BCUT2D eigenvalue weighted by Crippen LogP contribution is 2.69. The maximum Gasteiger partial charge on any atom is 0.0805 e. The summed E-state index contributed by atoms with van der Waals surface area (Å²) >= 11 is 0. The van der Waals surface area contributed by atoms with Gasteiger partial charge in [0.1, 0.15) is 0 Å². The Hall–Kier alpha value is -0.340. The molecule has 0 spiro atoms. The Kier molecular flexibility index (Phi) is 3.25. The molecule has 0 saturated heterocycles. The van der Waals surface area contributed by atoms with Gasteiger partial charge in [-0.25, -0.2) is 0 Å². The van der Waals surface area contributed by atoms with E-state index < -0.39 is 5.60 Å². The summed E-state index contributed by atoms with van der Waals surface area (Å²) in [6, 6.07) is 0. The first-order chi connectivity index (χ1) is 10.6. The van der Waals surface area contributed by atoms with Gasteiger partial charge in [-0.3, -0.25) is 0 Å². The van der Waals surface area contributed by atoms with Crippen molar-refractivity contribution in [3.05, 3.63) is 12.2 Å². The molecule has 2 heteroatoms. The average molecular weight is 319 g/mol. The summed E-state index contributed by atoms with van der Waals surface area (Å²) in [6.45, 7) is 9.19. The zero-order valence-electron chi connectivity index (χ0n) is 15.3. The topological polar surface area (TPSA) is 40.5 Å². The van der Waals surface area contributed by atoms with Crippen LogP contribution in [0.25, 0.3) is 0 Å². The largest absolute Gasteiger partial charge is 0.393 e. The molecule has 4 rings (SSSR count). The van der Waals surface area contributed by atoms with E-state index in [0.29, 0.717) is 5.92 Å². The molecule has 0 radical (unpaired) electrons. The molecule has 2 nitrogen and oxygen atoms in total. The van der Waals surface area contributed by atoms with E-state index in [1.165, 1.54) is 32.1 Å². The zero-order valence-corrected chi connectivity index (χ0v) is 15.3. The minimum absolute atomic E-state index is 0.0859. The number of aliphatic hydroxyl groups excluding tert-OH is 1. The second-order valence-electron chi connectivity index (χ2n) is 10.3. The van der Waals surface area contributed by atoms with Crippen LogP contribution in [-0.4, -0.2) is 21.9 Å². The molecule has 0 heterocycles. The lowest BCUT2D eigenvalue weighted by molar-refractivity contribution is -0.142. The highest BCUT2D eigenvalue weighted by Gasteiger charge is 2.63. The average Bonchev–Trinajstić information content (AvgIpc) is 2.76. The van der Waals surface area contributed by atoms with Crippen LogP contribution in [0, 0.1) is 34.0 Å². The van der Waals surface area contributed by atoms with Gasteiger partial charge in [0.25, 0.3) is 0 Å². The number of hydrogen-bond acceptors (Lipinski definition) is 2. The van der Waals surface area contributed by atoms with E-state index in [9.17, 15) is 10.2 Å². The Balaban J connectivity index is 1.72. The lowest BCUT2D eigenvalue weighted by Crippen LogP contribution is -2.58. The molecule has 0 unspecified atom stereocenters. The van der Waals surface area contributed by atoms with Gasteiger partial charge in [-0.1, -0.05) is 32.9 Å². The summed E-state index contributed by atoms with van der Waals surface area (Å²) in [6.07, 6.45) is 12.4. The minimum Gasteiger partial charge on any atom is -0.393 e. The molecule has 0 bridgehead atoms. The molecule has 2 N–H and O–H groups in total. The summed E-state index contributed by atoms with van der Waals surface area (Å²) in [7, 11) is 0. The lowest BCUT2D eigenvalue weighted by atomic mass is 9.41. The third kappa shape index (κ3) is 2.00. The van der Waals surface area contributed by atoms with Crippen molar-refractivity contribution in [3.63, 3.8) is 0 Å². The summed E-state index contributed by atoms with van der Waals surface area (Å²) in [5, 5.41) is 21.1. The SMILES string of the molecule is C[C@]12CC[C@@H]3[C@@H](CC[C@@]4(C)C[C@@](C)(O)C=C[C@]34C)[C@@H]1CC[C@@H]2O. The number of hydrogen-bond donors (Lipinski definition) is 2. The second kappa shape index (κ2) is 4.64. The first kappa shape index (κ1) is 16.1. The second-order valence-corrected chi connectivity index (χ2v) is 10.3. The molecule has 130 valence electrons. The van der Waals surface area contributed by atoms with E-state index >= 15 is 0 Å². The molecule has 4 aliphatic carbocycles. The highest BCUT2D eigenvalue weighted by molar-refractivity contribution is 5.23. The molecule has 4 aliphatic rings. The molecule has 8 atom stereocenters. The van der Waals surface area contributed by atoms with Crippen molar-refractivity contribution in [2.45, 2.75) is 84.3 Å². The Bertz CT molecular complexity index is 538. The van der Waals surface area contributed by atoms with E-state index in [0.717, 1.165) is 24.7 Å². The van der Waals surface area contributed by atoms with Crippen molar-refractivity contribution in [2.75, 3.05) is 0 Å². The van der Waals surface area contributed by atoms with E-state index in [4.69, 9.17) is 0 Å². The van der Waals surface area contributed by atoms with E-state index in [1.807, 2.05) is 6.92 Å². The van der Waals surface area contributed by atoms with Gasteiger partial charge in [-0.2, -0.15) is 0 Å². The maximum absolute atomic E-state index is 10.6. The van der Waals surface area contributed by atoms with Crippen molar-refractivity contribution in [1.29, 1.82) is 0 Å². The van der Waals surface area contributed by atoms with Gasteiger partial charge in [0.2, 0.25) is 0 Å². The maximum atomic E-state index is 10.6. The van der Waals surface area contributed by atoms with Crippen molar-refractivity contribution in [3.8, 4) is 0 Å². The number of aliphatic hydroxyl groups is 2. The normalized spacial score (nSPS) is 61.7. The molecule has 23 heavy (non-hydrogen) atoms. The van der Waals surface area contributed by atoms with E-state index in [-0.39, 0.29) is 22.3 Å². The van der Waals surface area contributed by atoms with Crippen molar-refractivity contribution < 1.29 is 10.2 Å². The summed E-state index contributed by atoms with van der Waals surface area (Å²) in [4.78, 5) is 0. The fourth-order valence-electron chi connectivity index (χ4n) is 7.41. The summed E-state index contributed by atoms with van der Waals surface area (Å²) in [5.74, 6) is 2.18. The Morgan fingerprint density at radius 1 is 0.870 bits per heavy atom. The Labute approximate surface area is 141 Å². The van der Waals surface area contributed by atoms with Gasteiger partial charge in [0, 0.05) is 0 Å². The van der Waals surface area contributed by atoms with Crippen LogP contribution in [0.3, 0.4) is 0 Å². The number of rotatable bonds is 0. The third-order valence-electron chi connectivity index (χ3n) is 9.02. The van der Waals surface area contributed by atoms with Gasteiger partial charge in [-0.05, 0) is 85.9 Å². The highest BCUT2D eigenvalue weighted by atomic mass is 16.3. The summed E-state index contributed by atoms with van der Waals surface area (Å²) < 4.78 is 0. The van der Waals surface area contributed by atoms with Gasteiger partial charge < -0.3 is 10.2 Å². The number of fused-ring (bicyclic) bond motifs is 5. The molecular weight excluding hydrogens is 284 g/mol. The Morgan fingerprint density at radius 2 is 1.61 bits per heavy atom. The van der Waals surface area contributed by atoms with Crippen LogP contribution < -0.4 is 0 Å². The van der Waals surface area contributed by atoms with Gasteiger partial charge in [-0.15, -0.1) is 0 Å². The van der Waals surface area contributed by atoms with Crippen LogP contribution in [0.5, 0.6) is 0 Å². The van der Waals surface area contributed by atoms with Crippen LogP contribution in [0.15, 0.2) is 12.2 Å². The van der Waals surface area contributed by atoms with Crippen molar-refractivity contribution in [1.82, 2.24) is 0 Å². The van der Waals surface area contributed by atoms with Crippen LogP contribution in [-0.2, 0) is 0 Å². The fraction of sp³-hybridized carbons (Fsp3) is 0.905.